The van der Waals surface area contributed by atoms with Gasteiger partial charge in [-0.05, 0) is 126 Å². The molecule has 0 radical (unpaired) electrons. The van der Waals surface area contributed by atoms with Gasteiger partial charge in [0, 0.05) is 0 Å². The molecule has 5 rings (SSSR count). The minimum absolute atomic E-state index is 0.0318. The van der Waals surface area contributed by atoms with Crippen molar-refractivity contribution >= 4 is 0 Å². The van der Waals surface area contributed by atoms with E-state index in [0.29, 0.717) is 27.1 Å². The second-order valence-corrected chi connectivity index (χ2v) is 16.3. The van der Waals surface area contributed by atoms with Gasteiger partial charge < -0.3 is 5.11 Å². The highest BCUT2D eigenvalue weighted by Gasteiger charge is 2.71. The first-order chi connectivity index (χ1) is 14.6. The predicted octanol–water partition coefficient (Wildman–Crippen LogP) is 8.64. The standard InChI is InChI=1S/C31H54O/c1-25(2)14-15-27(5)16-18-30(8)22-12-13-29(7)21(10-11-24(32)26(29,3)4)28(22,6)17-19-31(30,9)23(27)20-25/h21-24,32H,10-20H2,1-9H3/t21-,22+,23-,24+,27-,28+,29+,30-,31+/m1/s1. The van der Waals surface area contributed by atoms with Gasteiger partial charge in [-0.1, -0.05) is 62.3 Å². The van der Waals surface area contributed by atoms with Gasteiger partial charge in [0.05, 0.1) is 6.10 Å². The van der Waals surface area contributed by atoms with Gasteiger partial charge in [0.25, 0.3) is 0 Å². The summed E-state index contributed by atoms with van der Waals surface area (Å²) < 4.78 is 0. The lowest BCUT2D eigenvalue weighted by molar-refractivity contribution is -0.273. The molecule has 5 aliphatic carbocycles. The Morgan fingerprint density at radius 2 is 1.09 bits per heavy atom. The first kappa shape index (κ1) is 23.7. The fourth-order valence-corrected chi connectivity index (χ4v) is 11.6. The van der Waals surface area contributed by atoms with Crippen molar-refractivity contribution in [1.29, 1.82) is 0 Å². The second-order valence-electron chi connectivity index (χ2n) is 16.3. The number of hydrogen-bond acceptors (Lipinski definition) is 1. The largest absolute Gasteiger partial charge is 0.393 e. The van der Waals surface area contributed by atoms with E-state index in [1.807, 2.05) is 0 Å². The van der Waals surface area contributed by atoms with Crippen LogP contribution in [0.2, 0.25) is 0 Å². The summed E-state index contributed by atoms with van der Waals surface area (Å²) in [5.74, 6) is 2.51. The monoisotopic (exact) mass is 442 g/mol. The van der Waals surface area contributed by atoms with E-state index in [0.717, 1.165) is 24.2 Å². The van der Waals surface area contributed by atoms with Crippen molar-refractivity contribution in [3.63, 3.8) is 0 Å². The predicted molar refractivity (Wildman–Crippen MR) is 135 cm³/mol. The molecule has 32 heavy (non-hydrogen) atoms. The van der Waals surface area contributed by atoms with Gasteiger partial charge in [-0.3, -0.25) is 0 Å². The Bertz CT molecular complexity index is 781. The van der Waals surface area contributed by atoms with Crippen LogP contribution in [0.15, 0.2) is 0 Å². The van der Waals surface area contributed by atoms with Crippen LogP contribution in [0.3, 0.4) is 0 Å². The smallest absolute Gasteiger partial charge is 0.0596 e. The zero-order valence-corrected chi connectivity index (χ0v) is 23.0. The van der Waals surface area contributed by atoms with E-state index in [1.54, 1.807) is 0 Å². The Morgan fingerprint density at radius 1 is 0.531 bits per heavy atom. The highest BCUT2D eigenvalue weighted by Crippen LogP contribution is 2.79. The molecule has 0 amide bonds. The average Bonchev–Trinajstić information content (AvgIpc) is 2.69. The minimum Gasteiger partial charge on any atom is -0.393 e. The van der Waals surface area contributed by atoms with Crippen LogP contribution in [0.5, 0.6) is 0 Å². The number of fused-ring (bicyclic) bond motifs is 7. The van der Waals surface area contributed by atoms with Crippen LogP contribution in [-0.2, 0) is 0 Å². The molecule has 0 aromatic carbocycles. The van der Waals surface area contributed by atoms with Crippen LogP contribution in [-0.4, -0.2) is 11.2 Å². The van der Waals surface area contributed by atoms with Gasteiger partial charge in [0.15, 0.2) is 0 Å². The fraction of sp³-hybridized carbons (Fsp3) is 1.00. The van der Waals surface area contributed by atoms with E-state index in [-0.39, 0.29) is 16.9 Å². The molecule has 0 aromatic heterocycles. The van der Waals surface area contributed by atoms with Crippen molar-refractivity contribution in [2.75, 3.05) is 0 Å². The first-order valence-electron chi connectivity index (χ1n) is 14.2. The minimum atomic E-state index is -0.131. The maximum absolute atomic E-state index is 11.0. The van der Waals surface area contributed by atoms with Crippen LogP contribution in [0, 0.1) is 55.7 Å². The van der Waals surface area contributed by atoms with Crippen molar-refractivity contribution in [2.24, 2.45) is 55.7 Å². The van der Waals surface area contributed by atoms with E-state index in [1.165, 1.54) is 64.2 Å². The second kappa shape index (κ2) is 6.59. The van der Waals surface area contributed by atoms with Gasteiger partial charge in [-0.15, -0.1) is 0 Å². The van der Waals surface area contributed by atoms with E-state index >= 15 is 0 Å². The van der Waals surface area contributed by atoms with Crippen molar-refractivity contribution in [3.05, 3.63) is 0 Å². The molecule has 0 saturated heterocycles. The lowest BCUT2D eigenvalue weighted by Crippen LogP contribution is -2.69. The molecule has 0 aromatic rings. The van der Waals surface area contributed by atoms with E-state index in [9.17, 15) is 5.11 Å². The Hall–Kier alpha value is -0.0400. The van der Waals surface area contributed by atoms with Gasteiger partial charge in [-0.25, -0.2) is 0 Å². The molecule has 9 atom stereocenters. The third-order valence-corrected chi connectivity index (χ3v) is 14.6. The summed E-state index contributed by atoms with van der Waals surface area (Å²) in [7, 11) is 0. The molecule has 184 valence electrons. The summed E-state index contributed by atoms with van der Waals surface area (Å²) >= 11 is 0. The van der Waals surface area contributed by atoms with Crippen LogP contribution < -0.4 is 0 Å². The molecule has 1 N–H and O–H groups in total. The molecule has 0 bridgehead atoms. The Balaban J connectivity index is 1.55. The summed E-state index contributed by atoms with van der Waals surface area (Å²) in [6, 6.07) is 0. The van der Waals surface area contributed by atoms with Gasteiger partial charge in [-0.2, -0.15) is 0 Å². The fourth-order valence-electron chi connectivity index (χ4n) is 11.6. The number of hydrogen-bond donors (Lipinski definition) is 1. The molecular formula is C31H54O. The molecule has 1 nitrogen and oxygen atoms in total. The SMILES string of the molecule is CC1(C)CC[C@]2(C)CC[C@]3(C)[C@H]4CC[C@@]5(C)[C@H](CC[C@H](O)C5(C)C)[C@]4(C)CC[C@@]3(C)[C@@H]2C1. The van der Waals surface area contributed by atoms with Crippen LogP contribution >= 0.6 is 0 Å². The third-order valence-electron chi connectivity index (χ3n) is 14.6. The summed E-state index contributed by atoms with van der Waals surface area (Å²) in [5.41, 5.74) is 2.79. The summed E-state index contributed by atoms with van der Waals surface area (Å²) in [5, 5.41) is 11.0. The highest BCUT2D eigenvalue weighted by molar-refractivity contribution is 5.20. The van der Waals surface area contributed by atoms with Gasteiger partial charge in [0.2, 0.25) is 0 Å². The van der Waals surface area contributed by atoms with Crippen molar-refractivity contribution in [2.45, 2.75) is 139 Å². The normalized spacial score (nSPS) is 58.7. The van der Waals surface area contributed by atoms with Crippen molar-refractivity contribution in [3.8, 4) is 0 Å². The molecule has 5 saturated carbocycles. The van der Waals surface area contributed by atoms with Crippen molar-refractivity contribution in [1.82, 2.24) is 0 Å². The Morgan fingerprint density at radius 3 is 1.78 bits per heavy atom. The maximum atomic E-state index is 11.0. The molecule has 0 unspecified atom stereocenters. The number of aliphatic hydroxyl groups excluding tert-OH is 1. The Kier molecular flexibility index (Phi) is 4.88. The molecule has 0 spiro atoms. The number of aliphatic hydroxyl groups is 1. The van der Waals surface area contributed by atoms with E-state index in [2.05, 4.69) is 62.3 Å². The zero-order chi connectivity index (χ0) is 23.6. The maximum Gasteiger partial charge on any atom is 0.0596 e. The summed E-state index contributed by atoms with van der Waals surface area (Å²) in [6.07, 6.45) is 14.9. The van der Waals surface area contributed by atoms with Crippen molar-refractivity contribution < 1.29 is 5.11 Å². The lowest BCUT2D eigenvalue weighted by Gasteiger charge is -2.75. The Labute approximate surface area is 199 Å². The van der Waals surface area contributed by atoms with Gasteiger partial charge >= 0.3 is 0 Å². The third kappa shape index (κ3) is 2.67. The molecule has 0 heterocycles. The topological polar surface area (TPSA) is 20.2 Å². The van der Waals surface area contributed by atoms with E-state index in [4.69, 9.17) is 0 Å². The number of rotatable bonds is 0. The molecule has 0 aliphatic heterocycles. The van der Waals surface area contributed by atoms with Crippen LogP contribution in [0.1, 0.15) is 133 Å². The highest BCUT2D eigenvalue weighted by atomic mass is 16.3. The molecule has 5 aliphatic rings. The summed E-state index contributed by atoms with van der Waals surface area (Å²) in [6.45, 7) is 23.4. The zero-order valence-electron chi connectivity index (χ0n) is 23.0. The average molecular weight is 443 g/mol. The van der Waals surface area contributed by atoms with E-state index < -0.39 is 0 Å². The molecule has 5 fully saturated rings. The van der Waals surface area contributed by atoms with Gasteiger partial charge in [0.1, 0.15) is 0 Å². The lowest BCUT2D eigenvalue weighted by atomic mass is 9.29. The quantitative estimate of drug-likeness (QED) is 0.398. The molecule has 1 heteroatoms. The summed E-state index contributed by atoms with van der Waals surface area (Å²) in [4.78, 5) is 0. The van der Waals surface area contributed by atoms with Crippen LogP contribution in [0.25, 0.3) is 0 Å². The first-order valence-corrected chi connectivity index (χ1v) is 14.2. The van der Waals surface area contributed by atoms with Crippen LogP contribution in [0.4, 0.5) is 0 Å². The molecular weight excluding hydrogens is 388 g/mol.